The van der Waals surface area contributed by atoms with Gasteiger partial charge in [0.15, 0.2) is 0 Å². The predicted octanol–water partition coefficient (Wildman–Crippen LogP) is 9.31. The molecule has 3 aliphatic rings. The molecule has 0 radical (unpaired) electrons. The number of nitrogens with two attached hydrogens (primary N) is 1. The van der Waals surface area contributed by atoms with Crippen molar-refractivity contribution in [1.82, 2.24) is 20.4 Å². The molecule has 4 aromatic carbocycles. The van der Waals surface area contributed by atoms with Gasteiger partial charge in [-0.15, -0.1) is 0 Å². The summed E-state index contributed by atoms with van der Waals surface area (Å²) in [7, 11) is 1.45. The highest BCUT2D eigenvalue weighted by atomic mass is 35.5. The Balaban J connectivity index is 1.01. The van der Waals surface area contributed by atoms with E-state index in [2.05, 4.69) is 39.5 Å². The number of hydrogen-bond donors (Lipinski definition) is 5. The molecule has 72 heavy (non-hydrogen) atoms. The van der Waals surface area contributed by atoms with E-state index < -0.39 is 23.4 Å². The molecular weight excluding hydrogens is 976 g/mol. The second kappa shape index (κ2) is 23.6. The minimum Gasteiger partial charge on any atom is -0.496 e. The van der Waals surface area contributed by atoms with Gasteiger partial charge in [-0.25, -0.2) is 4.40 Å². The summed E-state index contributed by atoms with van der Waals surface area (Å²) in [6.07, 6.45) is 2.34. The van der Waals surface area contributed by atoms with Crippen LogP contribution in [0.3, 0.4) is 0 Å². The quantitative estimate of drug-likeness (QED) is 0.0187. The van der Waals surface area contributed by atoms with Gasteiger partial charge in [-0.3, -0.25) is 34.1 Å². The molecule has 2 fully saturated rings. The fraction of sp³-hybridized carbons (Fsp3) is 0.426. The Bertz CT molecular complexity index is 2720. The number of ether oxygens (including phenoxy) is 1. The lowest BCUT2D eigenvalue weighted by molar-refractivity contribution is -0.158. The second-order valence-corrected chi connectivity index (χ2v) is 21.9. The van der Waals surface area contributed by atoms with Crippen molar-refractivity contribution in [2.24, 2.45) is 21.5 Å². The van der Waals surface area contributed by atoms with E-state index in [0.29, 0.717) is 72.3 Å². The van der Waals surface area contributed by atoms with Crippen molar-refractivity contribution in [3.63, 3.8) is 0 Å². The normalized spacial score (nSPS) is 20.6. The number of nitrogens with one attached hydrogen (secondary N) is 4. The van der Waals surface area contributed by atoms with Crippen LogP contribution in [0.25, 0.3) is 0 Å². The Morgan fingerprint density at radius 3 is 2.36 bits per heavy atom. The number of piperidine rings is 2. The average Bonchev–Trinajstić information content (AvgIpc) is 3.67. The number of nitrogens with zero attached hydrogens (tertiary/aromatic N) is 3. The molecule has 6 N–H and O–H groups in total. The molecule has 0 aliphatic carbocycles. The predicted molar refractivity (Wildman–Crippen MR) is 284 cm³/mol. The Morgan fingerprint density at radius 2 is 1.67 bits per heavy atom. The van der Waals surface area contributed by atoms with Crippen LogP contribution in [0.2, 0.25) is 10.0 Å². The fourth-order valence-corrected chi connectivity index (χ4v) is 10.8. The van der Waals surface area contributed by atoms with E-state index in [1.54, 1.807) is 30.3 Å². The number of halogens is 2. The number of likely N-dealkylation sites (tertiary alicyclic amines) is 1. The van der Waals surface area contributed by atoms with Crippen LogP contribution in [0, 0.1) is 11.3 Å². The van der Waals surface area contributed by atoms with Gasteiger partial charge in [-0.2, -0.15) is 0 Å². The zero-order valence-corrected chi connectivity index (χ0v) is 43.9. The van der Waals surface area contributed by atoms with Gasteiger partial charge in [0.1, 0.15) is 17.6 Å². The molecule has 1 unspecified atom stereocenters. The van der Waals surface area contributed by atoms with E-state index in [0.717, 1.165) is 22.4 Å². The van der Waals surface area contributed by atoms with Gasteiger partial charge in [0, 0.05) is 94.7 Å². The number of methoxy groups -OCH3 is 1. The van der Waals surface area contributed by atoms with Gasteiger partial charge >= 0.3 is 0 Å². The van der Waals surface area contributed by atoms with Crippen molar-refractivity contribution in [1.29, 1.82) is 0 Å². The van der Waals surface area contributed by atoms with Crippen molar-refractivity contribution in [3.05, 3.63) is 123 Å². The number of benzene rings is 4. The molecule has 382 valence electrons. The maximum absolute atomic E-state index is 15.4. The molecule has 0 aromatic heterocycles. The average molecular weight is 1040 g/mol. The van der Waals surface area contributed by atoms with Gasteiger partial charge in [0.25, 0.3) is 11.8 Å². The number of rotatable bonds is 20. The number of anilines is 2. The molecule has 5 atom stereocenters. The van der Waals surface area contributed by atoms with Crippen LogP contribution in [-0.2, 0) is 25.7 Å². The van der Waals surface area contributed by atoms with Crippen LogP contribution >= 0.6 is 35.1 Å². The Labute approximate surface area is 435 Å². The van der Waals surface area contributed by atoms with Crippen molar-refractivity contribution < 1.29 is 33.5 Å². The number of carbonyl (C=O) groups excluding carboxylic acids is 6. The lowest BCUT2D eigenvalue weighted by Gasteiger charge is -2.53. The first-order chi connectivity index (χ1) is 34.4. The molecule has 7 rings (SSSR count). The molecule has 0 spiro atoms. The first-order valence-electron chi connectivity index (χ1n) is 24.5. The SMILES string of the molecule is COc1cc(NC(=O)C[C@@]2(C)C[C@H](c3cccc(Cl)c3)[C@@H](c3ccc(Cl)cc3)N([C@@H](C/C(N)=N/SC(C)C)C(C)C)C2=O)ccc1C(=O)NCCCCNc1cccc2c1CN(C1CCC(=O)NC1=O)C2=O. The highest BCUT2D eigenvalue weighted by Crippen LogP contribution is 2.53. The molecule has 2 saturated heterocycles. The van der Waals surface area contributed by atoms with Crippen molar-refractivity contribution in [2.45, 2.75) is 115 Å². The molecule has 0 saturated carbocycles. The van der Waals surface area contributed by atoms with Gasteiger partial charge in [0.2, 0.25) is 23.6 Å². The number of carbonyl (C=O) groups is 6. The molecule has 0 bridgehead atoms. The number of amidine groups is 1. The van der Waals surface area contributed by atoms with Gasteiger partial charge in [0.05, 0.1) is 24.1 Å². The lowest BCUT2D eigenvalue weighted by Crippen LogP contribution is -2.58. The zero-order valence-electron chi connectivity index (χ0n) is 41.6. The molecule has 6 amide bonds. The standard InChI is InChI=1S/C54H64Cl2N8O7S/c1-31(2)44(27-46(57)62-72-32(3)4)64-49(33-15-17-35(55)18-16-33)40(34-11-9-12-36(56)25-34)28-54(5,53(64)70)29-48(66)60-37-19-20-39(45(26-37)71-6)50(67)59-24-8-7-23-58-42-14-10-13-38-41(42)30-63(52(38)69)43-21-22-47(65)61-51(43)68/h9-20,25-26,31-32,40,43-44,49,58H,7-8,21-24,27-30H2,1-6H3,(H2,57,62)(H,59,67)(H,60,66)(H,61,65,68)/t40-,43?,44+,49-,54-/m1/s1. The van der Waals surface area contributed by atoms with Gasteiger partial charge in [-0.05, 0) is 103 Å². The summed E-state index contributed by atoms with van der Waals surface area (Å²) in [5, 5.41) is 13.0. The largest absolute Gasteiger partial charge is 0.496 e. The summed E-state index contributed by atoms with van der Waals surface area (Å²) in [4.78, 5) is 84.0. The Morgan fingerprint density at radius 1 is 0.931 bits per heavy atom. The van der Waals surface area contributed by atoms with Crippen LogP contribution in [0.15, 0.2) is 89.3 Å². The Kier molecular flexibility index (Phi) is 17.6. The van der Waals surface area contributed by atoms with Crippen LogP contribution in [0.5, 0.6) is 5.75 Å². The topological polar surface area (TPSA) is 205 Å². The molecule has 18 heteroatoms. The molecular formula is C54H64Cl2N8O7S. The number of amides is 6. The maximum Gasteiger partial charge on any atom is 0.255 e. The molecule has 3 aliphatic heterocycles. The maximum atomic E-state index is 15.4. The van der Waals surface area contributed by atoms with Crippen LogP contribution in [0.1, 0.15) is 129 Å². The van der Waals surface area contributed by atoms with Crippen molar-refractivity contribution in [3.8, 4) is 5.75 Å². The summed E-state index contributed by atoms with van der Waals surface area (Å²) in [6.45, 7) is 11.3. The summed E-state index contributed by atoms with van der Waals surface area (Å²) in [5.41, 5.74) is 10.1. The minimum atomic E-state index is -1.18. The summed E-state index contributed by atoms with van der Waals surface area (Å²) < 4.78 is 10.2. The number of unbranched alkanes of at least 4 members (excludes halogenated alkanes) is 1. The smallest absolute Gasteiger partial charge is 0.255 e. The first-order valence-corrected chi connectivity index (χ1v) is 26.0. The minimum absolute atomic E-state index is 0.0456. The zero-order chi connectivity index (χ0) is 51.9. The lowest BCUT2D eigenvalue weighted by atomic mass is 9.66. The van der Waals surface area contributed by atoms with Gasteiger partial charge in [-0.1, -0.05) is 88.2 Å². The van der Waals surface area contributed by atoms with E-state index in [9.17, 15) is 24.0 Å². The number of imide groups is 1. The fourth-order valence-electron chi connectivity index (χ4n) is 10.0. The highest BCUT2D eigenvalue weighted by molar-refractivity contribution is 7.98. The van der Waals surface area contributed by atoms with E-state index >= 15 is 4.79 Å². The van der Waals surface area contributed by atoms with E-state index in [1.165, 1.54) is 24.0 Å². The van der Waals surface area contributed by atoms with Gasteiger partial charge < -0.3 is 36.2 Å². The second-order valence-electron chi connectivity index (χ2n) is 19.6. The summed E-state index contributed by atoms with van der Waals surface area (Å²) in [6, 6.07) is 23.9. The first kappa shape index (κ1) is 53.7. The molecule has 15 nitrogen and oxygen atoms in total. The third kappa shape index (κ3) is 12.6. The van der Waals surface area contributed by atoms with E-state index in [-0.39, 0.29) is 83.4 Å². The number of fused-ring (bicyclic) bond motifs is 1. The van der Waals surface area contributed by atoms with Crippen molar-refractivity contribution >= 4 is 87.8 Å². The summed E-state index contributed by atoms with van der Waals surface area (Å²) in [5.74, 6) is -1.57. The van der Waals surface area contributed by atoms with Crippen LogP contribution in [0.4, 0.5) is 11.4 Å². The van der Waals surface area contributed by atoms with Crippen molar-refractivity contribution in [2.75, 3.05) is 30.8 Å². The third-order valence-electron chi connectivity index (χ3n) is 13.6. The monoisotopic (exact) mass is 1040 g/mol. The highest BCUT2D eigenvalue weighted by Gasteiger charge is 2.53. The Hall–Kier alpha value is -6.10. The van der Waals surface area contributed by atoms with E-state index in [1.807, 2.05) is 80.3 Å². The van der Waals surface area contributed by atoms with Crippen LogP contribution < -0.4 is 31.7 Å². The van der Waals surface area contributed by atoms with Crippen LogP contribution in [-0.4, -0.2) is 88.6 Å². The number of hydrogen-bond acceptors (Lipinski definition) is 10. The third-order valence-corrected chi connectivity index (χ3v) is 14.8. The van der Waals surface area contributed by atoms with E-state index in [4.69, 9.17) is 33.7 Å². The molecule has 3 heterocycles. The summed E-state index contributed by atoms with van der Waals surface area (Å²) >= 11 is 14.4. The molecule has 4 aromatic rings.